The number of carbonyl (C=O) groups excluding carboxylic acids is 2. The fourth-order valence-corrected chi connectivity index (χ4v) is 4.23. The minimum absolute atomic E-state index is 0.0337. The molecule has 7 heteroatoms. The van der Waals surface area contributed by atoms with Crippen molar-refractivity contribution in [3.8, 4) is 5.75 Å². The van der Waals surface area contributed by atoms with Crippen LogP contribution in [0, 0.1) is 6.92 Å². The summed E-state index contributed by atoms with van der Waals surface area (Å²) in [5, 5.41) is 2.82. The normalized spacial score (nSPS) is 20.6. The molecule has 2 heterocycles. The van der Waals surface area contributed by atoms with Gasteiger partial charge in [-0.05, 0) is 48.2 Å². The highest BCUT2D eigenvalue weighted by molar-refractivity contribution is 5.95. The summed E-state index contributed by atoms with van der Waals surface area (Å²) >= 11 is 0. The molecule has 0 bridgehead atoms. The molecule has 2 aliphatic rings. The van der Waals surface area contributed by atoms with Crippen molar-refractivity contribution >= 4 is 17.6 Å². The third kappa shape index (κ3) is 3.97. The van der Waals surface area contributed by atoms with Crippen LogP contribution < -0.4 is 10.1 Å². The van der Waals surface area contributed by atoms with Crippen molar-refractivity contribution in [2.24, 2.45) is 0 Å². The molecule has 2 unspecified atom stereocenters. The van der Waals surface area contributed by atoms with Gasteiger partial charge in [-0.1, -0.05) is 24.3 Å². The van der Waals surface area contributed by atoms with E-state index in [1.807, 2.05) is 31.2 Å². The molecule has 6 nitrogen and oxygen atoms in total. The number of urea groups is 1. The predicted molar refractivity (Wildman–Crippen MR) is 112 cm³/mol. The van der Waals surface area contributed by atoms with E-state index in [1.54, 1.807) is 24.1 Å². The number of fused-ring (bicyclic) bond motifs is 1. The highest BCUT2D eigenvalue weighted by Gasteiger charge is 2.42. The van der Waals surface area contributed by atoms with Gasteiger partial charge in [-0.3, -0.25) is 4.79 Å². The average Bonchev–Trinajstić information content (AvgIpc) is 3.16. The molecule has 0 saturated carbocycles. The van der Waals surface area contributed by atoms with Gasteiger partial charge in [-0.2, -0.15) is 0 Å². The van der Waals surface area contributed by atoms with Crippen LogP contribution in [0.3, 0.4) is 0 Å². The maximum absolute atomic E-state index is 14.3. The van der Waals surface area contributed by atoms with Gasteiger partial charge in [0, 0.05) is 25.2 Å². The van der Waals surface area contributed by atoms with E-state index in [0.29, 0.717) is 24.5 Å². The van der Waals surface area contributed by atoms with Gasteiger partial charge in [0.15, 0.2) is 0 Å². The Balaban J connectivity index is 1.48. The van der Waals surface area contributed by atoms with Crippen LogP contribution in [0.1, 0.15) is 23.1 Å². The second kappa shape index (κ2) is 8.34. The smallest absolute Gasteiger partial charge is 0.322 e. The summed E-state index contributed by atoms with van der Waals surface area (Å²) in [6.07, 6.45) is -0.407. The molecule has 0 aromatic heterocycles. The first-order chi connectivity index (χ1) is 14.5. The highest BCUT2D eigenvalue weighted by Crippen LogP contribution is 2.27. The van der Waals surface area contributed by atoms with Gasteiger partial charge in [-0.25, -0.2) is 9.18 Å². The van der Waals surface area contributed by atoms with Gasteiger partial charge < -0.3 is 19.9 Å². The molecule has 4 rings (SSSR count). The van der Waals surface area contributed by atoms with Gasteiger partial charge in [0.2, 0.25) is 5.91 Å². The van der Waals surface area contributed by atoms with Crippen LogP contribution in [-0.2, 0) is 17.8 Å². The van der Waals surface area contributed by atoms with E-state index in [4.69, 9.17) is 4.74 Å². The number of aryl methyl sites for hydroxylation is 1. The first kappa shape index (κ1) is 20.2. The number of anilines is 1. The fraction of sp³-hybridized carbons (Fsp3) is 0.391. The van der Waals surface area contributed by atoms with E-state index in [2.05, 4.69) is 11.4 Å². The number of halogens is 1. The predicted octanol–water partition coefficient (Wildman–Crippen LogP) is 3.53. The molecule has 3 amide bonds. The Bertz CT molecular complexity index is 964. The number of hydrogen-bond acceptors (Lipinski definition) is 3. The molecule has 0 radical (unpaired) electrons. The molecule has 158 valence electrons. The Morgan fingerprint density at radius 3 is 2.67 bits per heavy atom. The Labute approximate surface area is 175 Å². The van der Waals surface area contributed by atoms with Crippen LogP contribution in [0.4, 0.5) is 14.9 Å². The molecule has 0 spiro atoms. The van der Waals surface area contributed by atoms with Gasteiger partial charge in [-0.15, -0.1) is 0 Å². The third-order valence-corrected chi connectivity index (χ3v) is 5.91. The number of alkyl halides is 1. The van der Waals surface area contributed by atoms with Crippen molar-refractivity contribution in [2.75, 3.05) is 25.5 Å². The number of nitrogens with zero attached hydrogens (tertiary/aromatic N) is 2. The lowest BCUT2D eigenvalue weighted by Gasteiger charge is -2.33. The summed E-state index contributed by atoms with van der Waals surface area (Å²) in [5.41, 5.74) is 3.79. The molecular weight excluding hydrogens is 385 g/mol. The zero-order valence-corrected chi connectivity index (χ0v) is 17.2. The largest absolute Gasteiger partial charge is 0.497 e. The number of methoxy groups -OCH3 is 1. The molecule has 30 heavy (non-hydrogen) atoms. The minimum Gasteiger partial charge on any atom is -0.497 e. The Morgan fingerprint density at radius 1 is 1.17 bits per heavy atom. The maximum Gasteiger partial charge on any atom is 0.322 e. The second-order valence-corrected chi connectivity index (χ2v) is 7.89. The van der Waals surface area contributed by atoms with Crippen LogP contribution in [-0.4, -0.2) is 54.2 Å². The number of carbonyl (C=O) groups is 2. The van der Waals surface area contributed by atoms with Gasteiger partial charge in [0.05, 0.1) is 13.7 Å². The Morgan fingerprint density at radius 2 is 1.93 bits per heavy atom. The van der Waals surface area contributed by atoms with Gasteiger partial charge >= 0.3 is 6.03 Å². The number of amides is 3. The Hall–Kier alpha value is -3.09. The van der Waals surface area contributed by atoms with Crippen LogP contribution in [0.2, 0.25) is 0 Å². The van der Waals surface area contributed by atoms with Gasteiger partial charge in [0.1, 0.15) is 18.0 Å². The minimum atomic E-state index is -1.21. The fourth-order valence-electron chi connectivity index (χ4n) is 4.23. The molecule has 2 aromatic carbocycles. The monoisotopic (exact) mass is 411 g/mol. The van der Waals surface area contributed by atoms with Crippen LogP contribution in [0.25, 0.3) is 0 Å². The van der Waals surface area contributed by atoms with Crippen LogP contribution >= 0.6 is 0 Å². The van der Waals surface area contributed by atoms with Gasteiger partial charge in [0.25, 0.3) is 0 Å². The summed E-state index contributed by atoms with van der Waals surface area (Å²) in [5.74, 6) is 0.500. The quantitative estimate of drug-likeness (QED) is 0.841. The molecule has 1 N–H and O–H groups in total. The van der Waals surface area contributed by atoms with E-state index < -0.39 is 18.2 Å². The first-order valence-corrected chi connectivity index (χ1v) is 10.2. The maximum atomic E-state index is 14.3. The zero-order chi connectivity index (χ0) is 21.3. The number of ether oxygens (including phenoxy) is 1. The average molecular weight is 411 g/mol. The summed E-state index contributed by atoms with van der Waals surface area (Å²) in [6.45, 7) is 2.85. The summed E-state index contributed by atoms with van der Waals surface area (Å²) < 4.78 is 19.4. The van der Waals surface area contributed by atoms with Crippen molar-refractivity contribution in [3.05, 3.63) is 59.2 Å². The topological polar surface area (TPSA) is 61.9 Å². The standard InChI is InChI=1S/C23H26FN3O3/c1-15-11-19(30-2)7-8-20(15)25-23(29)27-14-18(24)12-21(27)22(28)26-10-9-16-5-3-4-6-17(16)13-26/h3-8,11,18,21H,9-10,12-14H2,1-2H3,(H,25,29). The van der Waals surface area contributed by atoms with Crippen LogP contribution in [0.15, 0.2) is 42.5 Å². The van der Waals surface area contributed by atoms with Crippen molar-refractivity contribution in [3.63, 3.8) is 0 Å². The zero-order valence-electron chi connectivity index (χ0n) is 17.2. The van der Waals surface area contributed by atoms with Crippen molar-refractivity contribution < 1.29 is 18.7 Å². The molecule has 2 aliphatic heterocycles. The molecule has 1 saturated heterocycles. The SMILES string of the molecule is COc1ccc(NC(=O)N2CC(F)CC2C(=O)N2CCc3ccccc3C2)c(C)c1. The molecule has 1 fully saturated rings. The summed E-state index contributed by atoms with van der Waals surface area (Å²) in [6, 6.07) is 12.1. The number of rotatable bonds is 3. The summed E-state index contributed by atoms with van der Waals surface area (Å²) in [7, 11) is 1.58. The van der Waals surface area contributed by atoms with E-state index in [0.717, 1.165) is 17.5 Å². The highest BCUT2D eigenvalue weighted by atomic mass is 19.1. The number of nitrogens with one attached hydrogen (secondary N) is 1. The lowest BCUT2D eigenvalue weighted by molar-refractivity contribution is -0.136. The lowest BCUT2D eigenvalue weighted by Crippen LogP contribution is -2.50. The number of hydrogen-bond donors (Lipinski definition) is 1. The van der Waals surface area contributed by atoms with Crippen molar-refractivity contribution in [1.82, 2.24) is 9.80 Å². The first-order valence-electron chi connectivity index (χ1n) is 10.2. The number of likely N-dealkylation sites (tertiary alicyclic amines) is 1. The molecular formula is C23H26FN3O3. The Kier molecular flexibility index (Phi) is 5.61. The van der Waals surface area contributed by atoms with Crippen molar-refractivity contribution in [1.29, 1.82) is 0 Å². The molecule has 2 aromatic rings. The lowest BCUT2D eigenvalue weighted by atomic mass is 9.99. The molecule has 0 aliphatic carbocycles. The van der Waals surface area contributed by atoms with E-state index in [9.17, 15) is 14.0 Å². The van der Waals surface area contributed by atoms with E-state index in [1.165, 1.54) is 10.5 Å². The van der Waals surface area contributed by atoms with Crippen molar-refractivity contribution in [2.45, 2.75) is 38.5 Å². The van der Waals surface area contributed by atoms with E-state index >= 15 is 0 Å². The third-order valence-electron chi connectivity index (χ3n) is 5.91. The summed E-state index contributed by atoms with van der Waals surface area (Å²) in [4.78, 5) is 29.2. The van der Waals surface area contributed by atoms with E-state index in [-0.39, 0.29) is 18.9 Å². The van der Waals surface area contributed by atoms with Crippen LogP contribution in [0.5, 0.6) is 5.75 Å². The number of benzene rings is 2. The molecule has 2 atom stereocenters. The second-order valence-electron chi connectivity index (χ2n) is 7.89.